The molecule has 0 aliphatic carbocycles. The lowest BCUT2D eigenvalue weighted by Crippen LogP contribution is -2.07. The zero-order valence-electron chi connectivity index (χ0n) is 11.9. The van der Waals surface area contributed by atoms with Gasteiger partial charge in [-0.25, -0.2) is 9.97 Å². The molecule has 2 heterocycles. The van der Waals surface area contributed by atoms with Crippen molar-refractivity contribution in [1.82, 2.24) is 9.97 Å². The number of hydrogen-bond acceptors (Lipinski definition) is 7. The van der Waals surface area contributed by atoms with E-state index in [-0.39, 0.29) is 18.3 Å². The van der Waals surface area contributed by atoms with E-state index in [0.29, 0.717) is 5.56 Å². The third-order valence-corrected chi connectivity index (χ3v) is 4.81. The smallest absolute Gasteiger partial charge is 0.316 e. The van der Waals surface area contributed by atoms with Crippen LogP contribution < -0.4 is 0 Å². The third-order valence-electron chi connectivity index (χ3n) is 3.01. The van der Waals surface area contributed by atoms with Gasteiger partial charge in [0, 0.05) is 5.39 Å². The summed E-state index contributed by atoms with van der Waals surface area (Å²) >= 11 is 2.87. The number of ether oxygens (including phenoxy) is 1. The monoisotopic (exact) mass is 341 g/mol. The molecule has 0 saturated carbocycles. The Morgan fingerprint density at radius 2 is 2.26 bits per heavy atom. The highest BCUT2D eigenvalue weighted by Crippen LogP contribution is 2.27. The maximum Gasteiger partial charge on any atom is 0.316 e. The molecule has 0 unspecified atom stereocenters. The van der Waals surface area contributed by atoms with Crippen LogP contribution in [0, 0.1) is 11.3 Å². The van der Waals surface area contributed by atoms with Gasteiger partial charge >= 0.3 is 5.97 Å². The second-order valence-corrected chi connectivity index (χ2v) is 6.44. The fourth-order valence-electron chi connectivity index (χ4n) is 1.95. The van der Waals surface area contributed by atoms with Crippen LogP contribution in [0.5, 0.6) is 0 Å². The summed E-state index contributed by atoms with van der Waals surface area (Å²) in [6, 6.07) is 11.0. The van der Waals surface area contributed by atoms with Crippen LogP contribution in [-0.2, 0) is 16.1 Å². The zero-order chi connectivity index (χ0) is 16.1. The normalized spacial score (nSPS) is 10.4. The molecule has 0 amide bonds. The van der Waals surface area contributed by atoms with Crippen LogP contribution in [0.4, 0.5) is 0 Å². The second-order valence-electron chi connectivity index (χ2n) is 4.58. The number of carbonyl (C=O) groups is 1. The van der Waals surface area contributed by atoms with Crippen LogP contribution in [-0.4, -0.2) is 21.7 Å². The summed E-state index contributed by atoms with van der Waals surface area (Å²) in [6.45, 7) is 0.159. The molecular weight excluding hydrogens is 330 g/mol. The molecule has 2 aromatic heterocycles. The van der Waals surface area contributed by atoms with Crippen molar-refractivity contribution in [2.24, 2.45) is 0 Å². The minimum Gasteiger partial charge on any atom is -0.460 e. The number of hydrogen-bond donors (Lipinski definition) is 0. The molecule has 1 aromatic carbocycles. The van der Waals surface area contributed by atoms with E-state index in [9.17, 15) is 4.79 Å². The second kappa shape index (κ2) is 7.22. The average molecular weight is 341 g/mol. The number of aromatic nitrogens is 2. The molecule has 0 bridgehead atoms. The summed E-state index contributed by atoms with van der Waals surface area (Å²) in [5.41, 5.74) is 1.35. The first-order chi connectivity index (χ1) is 11.3. The van der Waals surface area contributed by atoms with Gasteiger partial charge in [0.15, 0.2) is 0 Å². The number of esters is 1. The average Bonchev–Trinajstić information content (AvgIpc) is 3.07. The van der Waals surface area contributed by atoms with Gasteiger partial charge in [0.25, 0.3) is 0 Å². The Bertz CT molecular complexity index is 886. The van der Waals surface area contributed by atoms with Crippen LogP contribution in [0.25, 0.3) is 10.2 Å². The number of nitriles is 1. The molecule has 0 N–H and O–H groups in total. The van der Waals surface area contributed by atoms with E-state index in [4.69, 9.17) is 10.00 Å². The number of nitrogens with zero attached hydrogens (tertiary/aromatic N) is 3. The Balaban J connectivity index is 1.55. The van der Waals surface area contributed by atoms with Gasteiger partial charge in [0.2, 0.25) is 0 Å². The molecule has 3 rings (SSSR count). The predicted molar refractivity (Wildman–Crippen MR) is 89.1 cm³/mol. The maximum absolute atomic E-state index is 11.9. The molecular formula is C16H11N3O2S2. The van der Waals surface area contributed by atoms with Crippen molar-refractivity contribution in [2.45, 2.75) is 11.6 Å². The quantitative estimate of drug-likeness (QED) is 0.402. The highest BCUT2D eigenvalue weighted by atomic mass is 32.2. The summed E-state index contributed by atoms with van der Waals surface area (Å²) in [5.74, 6) is -0.140. The Morgan fingerprint density at radius 1 is 1.35 bits per heavy atom. The van der Waals surface area contributed by atoms with Gasteiger partial charge in [0.1, 0.15) is 22.8 Å². The van der Waals surface area contributed by atoms with Gasteiger partial charge in [-0.3, -0.25) is 4.79 Å². The Hall–Kier alpha value is -2.43. The highest BCUT2D eigenvalue weighted by Gasteiger charge is 2.09. The first-order valence-electron chi connectivity index (χ1n) is 6.72. The van der Waals surface area contributed by atoms with Gasteiger partial charge in [-0.2, -0.15) is 5.26 Å². The van der Waals surface area contributed by atoms with Crippen molar-refractivity contribution in [2.75, 3.05) is 5.75 Å². The molecule has 5 nitrogen and oxygen atoms in total. The Labute approximate surface area is 141 Å². The summed E-state index contributed by atoms with van der Waals surface area (Å²) in [6.07, 6.45) is 1.50. The highest BCUT2D eigenvalue weighted by molar-refractivity contribution is 8.00. The molecule has 0 saturated heterocycles. The van der Waals surface area contributed by atoms with E-state index < -0.39 is 0 Å². The summed E-state index contributed by atoms with van der Waals surface area (Å²) in [5, 5.41) is 12.5. The van der Waals surface area contributed by atoms with Crippen LogP contribution in [0.3, 0.4) is 0 Å². The third kappa shape index (κ3) is 3.86. The molecule has 0 radical (unpaired) electrons. The zero-order valence-corrected chi connectivity index (χ0v) is 13.6. The Kier molecular flexibility index (Phi) is 4.86. The van der Waals surface area contributed by atoms with E-state index in [1.54, 1.807) is 18.2 Å². The number of thiophene rings is 1. The number of carbonyl (C=O) groups excluding carboxylic acids is 1. The Morgan fingerprint density at radius 3 is 3.13 bits per heavy atom. The maximum atomic E-state index is 11.9. The lowest BCUT2D eigenvalue weighted by Gasteiger charge is -2.05. The lowest BCUT2D eigenvalue weighted by atomic mass is 10.1. The van der Waals surface area contributed by atoms with Gasteiger partial charge in [-0.05, 0) is 29.1 Å². The van der Waals surface area contributed by atoms with E-state index in [0.717, 1.165) is 20.8 Å². The number of thioether (sulfide) groups is 1. The molecule has 0 atom stereocenters. The molecule has 0 aliphatic heterocycles. The number of fused-ring (bicyclic) bond motifs is 1. The van der Waals surface area contributed by atoms with Crippen LogP contribution in [0.1, 0.15) is 11.1 Å². The van der Waals surface area contributed by atoms with Crippen molar-refractivity contribution < 1.29 is 9.53 Å². The summed E-state index contributed by atoms with van der Waals surface area (Å²) < 4.78 is 5.23. The van der Waals surface area contributed by atoms with E-state index in [2.05, 4.69) is 16.0 Å². The largest absolute Gasteiger partial charge is 0.460 e. The lowest BCUT2D eigenvalue weighted by molar-refractivity contribution is -0.141. The molecule has 7 heteroatoms. The van der Waals surface area contributed by atoms with E-state index >= 15 is 0 Å². The van der Waals surface area contributed by atoms with E-state index in [1.165, 1.54) is 29.4 Å². The van der Waals surface area contributed by atoms with Crippen molar-refractivity contribution >= 4 is 39.3 Å². The predicted octanol–water partition coefficient (Wildman–Crippen LogP) is 3.40. The number of benzene rings is 1. The molecule has 114 valence electrons. The van der Waals surface area contributed by atoms with Crippen LogP contribution >= 0.6 is 23.1 Å². The van der Waals surface area contributed by atoms with Crippen molar-refractivity contribution in [1.29, 1.82) is 5.26 Å². The van der Waals surface area contributed by atoms with Gasteiger partial charge in [-0.15, -0.1) is 11.3 Å². The van der Waals surface area contributed by atoms with Gasteiger partial charge < -0.3 is 4.74 Å². The summed E-state index contributed by atoms with van der Waals surface area (Å²) in [7, 11) is 0. The van der Waals surface area contributed by atoms with Crippen LogP contribution in [0.2, 0.25) is 0 Å². The molecule has 0 aliphatic rings. The minimum atomic E-state index is -0.320. The fourth-order valence-corrected chi connectivity index (χ4v) is 3.52. The fraction of sp³-hybridized carbons (Fsp3) is 0.125. The van der Waals surface area contributed by atoms with Gasteiger partial charge in [0.05, 0.1) is 17.4 Å². The van der Waals surface area contributed by atoms with Gasteiger partial charge in [-0.1, -0.05) is 23.9 Å². The number of rotatable bonds is 5. The molecule has 3 aromatic rings. The SMILES string of the molecule is N#Cc1cccc(COC(=O)CSc2ncnc3sccc23)c1. The standard InChI is InChI=1S/C16H11N3O2S2/c17-7-11-2-1-3-12(6-11)8-21-14(20)9-23-16-13-4-5-22-15(13)18-10-19-16/h1-6,10H,8-9H2. The first-order valence-corrected chi connectivity index (χ1v) is 8.58. The molecule has 23 heavy (non-hydrogen) atoms. The van der Waals surface area contributed by atoms with Crippen LogP contribution in [0.15, 0.2) is 47.1 Å². The van der Waals surface area contributed by atoms with Crippen molar-refractivity contribution in [3.8, 4) is 6.07 Å². The molecule has 0 fully saturated rings. The minimum absolute atomic E-state index is 0.159. The summed E-state index contributed by atoms with van der Waals surface area (Å²) in [4.78, 5) is 21.2. The first kappa shape index (κ1) is 15.5. The van der Waals surface area contributed by atoms with Crippen molar-refractivity contribution in [3.63, 3.8) is 0 Å². The molecule has 0 spiro atoms. The van der Waals surface area contributed by atoms with Crippen molar-refractivity contribution in [3.05, 3.63) is 53.2 Å². The topological polar surface area (TPSA) is 75.9 Å². The van der Waals surface area contributed by atoms with E-state index in [1.807, 2.05) is 17.5 Å².